The first-order chi connectivity index (χ1) is 6.58. The number of ether oxygens (including phenoxy) is 1. The normalized spacial score (nSPS) is 10.6. The first-order valence-corrected chi connectivity index (χ1v) is 5.42. The smallest absolute Gasteiger partial charge is 0.122 e. The summed E-state index contributed by atoms with van der Waals surface area (Å²) in [6, 6.07) is 5.24. The van der Waals surface area contributed by atoms with Crippen LogP contribution < -0.4 is 4.74 Å². The van der Waals surface area contributed by atoms with Gasteiger partial charge in [0.1, 0.15) is 5.75 Å². The lowest BCUT2D eigenvalue weighted by molar-refractivity contribution is 0.289. The second-order valence-corrected chi connectivity index (χ2v) is 4.51. The van der Waals surface area contributed by atoms with E-state index in [0.29, 0.717) is 22.6 Å². The van der Waals surface area contributed by atoms with Gasteiger partial charge in [0.05, 0.1) is 6.61 Å². The van der Waals surface area contributed by atoms with Crippen LogP contribution in [0.25, 0.3) is 0 Å². The Morgan fingerprint density at radius 1 is 1.14 bits per heavy atom. The molecule has 3 heteroatoms. The van der Waals surface area contributed by atoms with Crippen molar-refractivity contribution in [1.29, 1.82) is 0 Å². The molecule has 1 aromatic carbocycles. The fourth-order valence-corrected chi connectivity index (χ4v) is 1.53. The summed E-state index contributed by atoms with van der Waals surface area (Å²) in [7, 11) is 0. The van der Waals surface area contributed by atoms with Crippen LogP contribution in [-0.4, -0.2) is 6.61 Å². The summed E-state index contributed by atoms with van der Waals surface area (Å²) in [5, 5.41) is 1.22. The monoisotopic (exact) mass is 232 g/mol. The summed E-state index contributed by atoms with van der Waals surface area (Å²) in [6.07, 6.45) is 1.03. The molecule has 0 spiro atoms. The van der Waals surface area contributed by atoms with Gasteiger partial charge in [0, 0.05) is 10.0 Å². The summed E-state index contributed by atoms with van der Waals surface area (Å²) in [4.78, 5) is 0. The van der Waals surface area contributed by atoms with E-state index in [4.69, 9.17) is 27.9 Å². The predicted molar refractivity (Wildman–Crippen MR) is 61.4 cm³/mol. The van der Waals surface area contributed by atoms with Gasteiger partial charge in [-0.15, -0.1) is 0 Å². The van der Waals surface area contributed by atoms with Crippen LogP contribution >= 0.6 is 23.2 Å². The van der Waals surface area contributed by atoms with Crippen molar-refractivity contribution in [2.45, 2.75) is 20.3 Å². The highest BCUT2D eigenvalue weighted by molar-refractivity contribution is 6.34. The summed E-state index contributed by atoms with van der Waals surface area (Å²) in [5.41, 5.74) is 0. The number of hydrogen-bond donors (Lipinski definition) is 0. The minimum absolute atomic E-state index is 0.608. The van der Waals surface area contributed by atoms with Crippen molar-refractivity contribution in [1.82, 2.24) is 0 Å². The Morgan fingerprint density at radius 3 is 2.21 bits per heavy atom. The van der Waals surface area contributed by atoms with Gasteiger partial charge < -0.3 is 4.74 Å². The summed E-state index contributed by atoms with van der Waals surface area (Å²) < 4.78 is 5.51. The van der Waals surface area contributed by atoms with Crippen LogP contribution in [0.4, 0.5) is 0 Å². The lowest BCUT2D eigenvalue weighted by atomic mass is 10.1. The van der Waals surface area contributed by atoms with Crippen molar-refractivity contribution in [2.24, 2.45) is 5.92 Å². The van der Waals surface area contributed by atoms with Gasteiger partial charge in [-0.25, -0.2) is 0 Å². The van der Waals surface area contributed by atoms with Gasteiger partial charge in [-0.05, 0) is 30.5 Å². The Balaban J connectivity index is 2.50. The van der Waals surface area contributed by atoms with Crippen molar-refractivity contribution in [3.05, 3.63) is 28.2 Å². The van der Waals surface area contributed by atoms with Gasteiger partial charge in [-0.3, -0.25) is 0 Å². The molecule has 0 aromatic heterocycles. The van der Waals surface area contributed by atoms with E-state index in [2.05, 4.69) is 13.8 Å². The summed E-state index contributed by atoms with van der Waals surface area (Å²) in [6.45, 7) is 5.02. The van der Waals surface area contributed by atoms with Gasteiger partial charge >= 0.3 is 0 Å². The number of halogens is 2. The molecule has 0 atom stereocenters. The lowest BCUT2D eigenvalue weighted by Gasteiger charge is -2.08. The zero-order chi connectivity index (χ0) is 10.6. The van der Waals surface area contributed by atoms with Gasteiger partial charge in [-0.1, -0.05) is 37.0 Å². The second-order valence-electron chi connectivity index (χ2n) is 3.64. The van der Waals surface area contributed by atoms with Gasteiger partial charge in [0.25, 0.3) is 0 Å². The third kappa shape index (κ3) is 4.21. The van der Waals surface area contributed by atoms with Crippen LogP contribution in [0.3, 0.4) is 0 Å². The minimum Gasteiger partial charge on any atom is -0.493 e. The molecule has 0 heterocycles. The maximum Gasteiger partial charge on any atom is 0.122 e. The van der Waals surface area contributed by atoms with E-state index in [0.717, 1.165) is 12.2 Å². The Hall–Kier alpha value is -0.400. The lowest BCUT2D eigenvalue weighted by Crippen LogP contribution is -2.01. The van der Waals surface area contributed by atoms with Crippen LogP contribution in [0.15, 0.2) is 18.2 Å². The van der Waals surface area contributed by atoms with Crippen LogP contribution in [0, 0.1) is 5.92 Å². The molecule has 0 aliphatic rings. The van der Waals surface area contributed by atoms with Crippen LogP contribution in [0.1, 0.15) is 20.3 Å². The molecule has 0 aliphatic heterocycles. The molecular formula is C11H14Cl2O. The first kappa shape index (κ1) is 11.7. The standard InChI is InChI=1S/C11H14Cl2O/c1-8(2)3-4-14-11-6-9(12)5-10(13)7-11/h5-8H,3-4H2,1-2H3. The number of hydrogen-bond acceptors (Lipinski definition) is 1. The Kier molecular flexibility index (Phi) is 4.56. The molecule has 1 rings (SSSR count). The molecule has 0 unspecified atom stereocenters. The van der Waals surface area contributed by atoms with E-state index < -0.39 is 0 Å². The quantitative estimate of drug-likeness (QED) is 0.747. The highest BCUT2D eigenvalue weighted by Crippen LogP contribution is 2.24. The zero-order valence-electron chi connectivity index (χ0n) is 8.39. The van der Waals surface area contributed by atoms with Crippen molar-refractivity contribution in [3.8, 4) is 5.75 Å². The third-order valence-electron chi connectivity index (χ3n) is 1.80. The van der Waals surface area contributed by atoms with E-state index >= 15 is 0 Å². The molecular weight excluding hydrogens is 219 g/mol. The van der Waals surface area contributed by atoms with Crippen molar-refractivity contribution >= 4 is 23.2 Å². The van der Waals surface area contributed by atoms with E-state index in [9.17, 15) is 0 Å². The Labute approximate surface area is 95.0 Å². The third-order valence-corrected chi connectivity index (χ3v) is 2.24. The van der Waals surface area contributed by atoms with Crippen LogP contribution in [0.5, 0.6) is 5.75 Å². The van der Waals surface area contributed by atoms with Crippen LogP contribution in [-0.2, 0) is 0 Å². The number of benzene rings is 1. The fraction of sp³-hybridized carbons (Fsp3) is 0.455. The second kappa shape index (κ2) is 5.47. The molecule has 0 N–H and O–H groups in total. The summed E-state index contributed by atoms with van der Waals surface area (Å²) in [5.74, 6) is 1.38. The SMILES string of the molecule is CC(C)CCOc1cc(Cl)cc(Cl)c1. The molecule has 78 valence electrons. The van der Waals surface area contributed by atoms with Crippen molar-refractivity contribution in [3.63, 3.8) is 0 Å². The molecule has 0 saturated carbocycles. The fourth-order valence-electron chi connectivity index (χ4n) is 1.02. The van der Waals surface area contributed by atoms with Crippen LogP contribution in [0.2, 0.25) is 10.0 Å². The van der Waals surface area contributed by atoms with E-state index in [1.165, 1.54) is 0 Å². The predicted octanol–water partition coefficient (Wildman–Crippen LogP) is 4.42. The molecule has 1 nitrogen and oxygen atoms in total. The molecule has 14 heavy (non-hydrogen) atoms. The Morgan fingerprint density at radius 2 is 1.71 bits per heavy atom. The first-order valence-electron chi connectivity index (χ1n) is 4.67. The number of rotatable bonds is 4. The van der Waals surface area contributed by atoms with Gasteiger partial charge in [0.15, 0.2) is 0 Å². The highest BCUT2D eigenvalue weighted by atomic mass is 35.5. The van der Waals surface area contributed by atoms with Gasteiger partial charge in [0.2, 0.25) is 0 Å². The Bertz CT molecular complexity index is 277. The molecule has 0 saturated heterocycles. The summed E-state index contributed by atoms with van der Waals surface area (Å²) >= 11 is 11.7. The van der Waals surface area contributed by atoms with E-state index in [1.54, 1.807) is 18.2 Å². The van der Waals surface area contributed by atoms with Crippen molar-refractivity contribution < 1.29 is 4.74 Å². The molecule has 0 bridgehead atoms. The molecule has 0 amide bonds. The average Bonchev–Trinajstić information content (AvgIpc) is 2.01. The topological polar surface area (TPSA) is 9.23 Å². The molecule has 0 aliphatic carbocycles. The largest absolute Gasteiger partial charge is 0.493 e. The average molecular weight is 233 g/mol. The molecule has 0 radical (unpaired) electrons. The molecule has 1 aromatic rings. The van der Waals surface area contributed by atoms with Gasteiger partial charge in [-0.2, -0.15) is 0 Å². The van der Waals surface area contributed by atoms with E-state index in [-0.39, 0.29) is 0 Å². The highest BCUT2D eigenvalue weighted by Gasteiger charge is 2.00. The maximum atomic E-state index is 5.83. The minimum atomic E-state index is 0.608. The zero-order valence-corrected chi connectivity index (χ0v) is 9.90. The van der Waals surface area contributed by atoms with Crippen molar-refractivity contribution in [2.75, 3.05) is 6.61 Å². The van der Waals surface area contributed by atoms with E-state index in [1.807, 2.05) is 0 Å². The maximum absolute atomic E-state index is 5.83. The molecule has 0 fully saturated rings.